The third kappa shape index (κ3) is 4.23. The van der Waals surface area contributed by atoms with Crippen molar-refractivity contribution in [1.82, 2.24) is 9.97 Å². The van der Waals surface area contributed by atoms with Gasteiger partial charge >= 0.3 is 0 Å². The van der Waals surface area contributed by atoms with Gasteiger partial charge in [0.05, 0.1) is 16.8 Å². The third-order valence-corrected chi connectivity index (χ3v) is 3.40. The normalized spacial score (nSPS) is 10.8. The summed E-state index contributed by atoms with van der Waals surface area (Å²) in [4.78, 5) is 18.9. The van der Waals surface area contributed by atoms with Gasteiger partial charge in [0.1, 0.15) is 11.6 Å². The van der Waals surface area contributed by atoms with Gasteiger partial charge in [0.25, 0.3) is 5.69 Å². The van der Waals surface area contributed by atoms with Crippen LogP contribution in [0.25, 0.3) is 11.3 Å². The molecular weight excluding hydrogens is 318 g/mol. The van der Waals surface area contributed by atoms with Crippen molar-refractivity contribution in [1.29, 1.82) is 0 Å². The molecule has 3 aromatic rings. The highest BCUT2D eigenvalue weighted by Crippen LogP contribution is 2.19. The van der Waals surface area contributed by atoms with Gasteiger partial charge in [-0.05, 0) is 24.6 Å². The molecule has 0 saturated heterocycles. The molecule has 2 aromatic carbocycles. The van der Waals surface area contributed by atoms with Crippen molar-refractivity contribution in [3.05, 3.63) is 82.2 Å². The van der Waals surface area contributed by atoms with Crippen LogP contribution >= 0.6 is 0 Å². The lowest BCUT2D eigenvalue weighted by atomic mass is 10.1. The topological polar surface area (TPSA) is 93.3 Å². The number of hydrogen-bond acceptors (Lipinski definition) is 6. The average molecular weight is 333 g/mol. The van der Waals surface area contributed by atoms with Crippen molar-refractivity contribution in [3.63, 3.8) is 0 Å². The molecule has 0 fully saturated rings. The fourth-order valence-electron chi connectivity index (χ4n) is 2.24. The minimum atomic E-state index is -0.437. The molecule has 0 aliphatic heterocycles. The van der Waals surface area contributed by atoms with Gasteiger partial charge in [0, 0.05) is 23.8 Å². The third-order valence-electron chi connectivity index (χ3n) is 3.40. The number of hydrazone groups is 1. The molecule has 1 aromatic heterocycles. The number of anilines is 1. The SMILES string of the molecule is Cc1nc(N/N=C\c2ccc([N+](=O)[O-])cc2)cc(-c2ccccc2)n1. The van der Waals surface area contributed by atoms with Gasteiger partial charge < -0.3 is 0 Å². The van der Waals surface area contributed by atoms with E-state index in [0.29, 0.717) is 11.6 Å². The van der Waals surface area contributed by atoms with Crippen molar-refractivity contribution in [2.24, 2.45) is 5.10 Å². The summed E-state index contributed by atoms with van der Waals surface area (Å²) in [7, 11) is 0. The van der Waals surface area contributed by atoms with Gasteiger partial charge in [-0.2, -0.15) is 5.10 Å². The summed E-state index contributed by atoms with van der Waals surface area (Å²) in [5.41, 5.74) is 5.46. The quantitative estimate of drug-likeness (QED) is 0.435. The summed E-state index contributed by atoms with van der Waals surface area (Å²) in [6.07, 6.45) is 1.57. The lowest BCUT2D eigenvalue weighted by Crippen LogP contribution is -1.99. The van der Waals surface area contributed by atoms with Crippen molar-refractivity contribution in [3.8, 4) is 11.3 Å². The predicted octanol–water partition coefficient (Wildman–Crippen LogP) is 3.81. The number of hydrogen-bond donors (Lipinski definition) is 1. The number of rotatable bonds is 5. The van der Waals surface area contributed by atoms with Crippen LogP contribution in [-0.4, -0.2) is 21.1 Å². The Morgan fingerprint density at radius 1 is 1.08 bits per heavy atom. The maximum atomic E-state index is 10.6. The monoisotopic (exact) mass is 333 g/mol. The zero-order valence-electron chi connectivity index (χ0n) is 13.5. The predicted molar refractivity (Wildman–Crippen MR) is 96.5 cm³/mol. The molecule has 0 spiro atoms. The Balaban J connectivity index is 1.74. The Hall–Kier alpha value is -3.61. The Kier molecular flexibility index (Phi) is 4.75. The molecule has 25 heavy (non-hydrogen) atoms. The highest BCUT2D eigenvalue weighted by atomic mass is 16.6. The summed E-state index contributed by atoms with van der Waals surface area (Å²) < 4.78 is 0. The van der Waals surface area contributed by atoms with E-state index in [1.165, 1.54) is 12.1 Å². The maximum Gasteiger partial charge on any atom is 0.269 e. The van der Waals surface area contributed by atoms with E-state index in [0.717, 1.165) is 16.8 Å². The van der Waals surface area contributed by atoms with Gasteiger partial charge in [0.2, 0.25) is 0 Å². The molecule has 0 atom stereocenters. The van der Waals surface area contributed by atoms with Crippen LogP contribution in [0.5, 0.6) is 0 Å². The highest BCUT2D eigenvalue weighted by Gasteiger charge is 2.04. The maximum absolute atomic E-state index is 10.6. The minimum Gasteiger partial charge on any atom is -0.261 e. The second kappa shape index (κ2) is 7.31. The number of aryl methyl sites for hydroxylation is 1. The van der Waals surface area contributed by atoms with Crippen molar-refractivity contribution >= 4 is 17.7 Å². The van der Waals surface area contributed by atoms with Gasteiger partial charge in [-0.3, -0.25) is 15.5 Å². The summed E-state index contributed by atoms with van der Waals surface area (Å²) in [5.74, 6) is 1.21. The van der Waals surface area contributed by atoms with E-state index in [1.54, 1.807) is 18.3 Å². The van der Waals surface area contributed by atoms with E-state index in [9.17, 15) is 10.1 Å². The fourth-order valence-corrected chi connectivity index (χ4v) is 2.24. The minimum absolute atomic E-state index is 0.0454. The van der Waals surface area contributed by atoms with Crippen LogP contribution in [0.2, 0.25) is 0 Å². The van der Waals surface area contributed by atoms with Gasteiger partial charge in [-0.15, -0.1) is 0 Å². The number of nitrogens with zero attached hydrogens (tertiary/aromatic N) is 4. The first-order chi connectivity index (χ1) is 12.1. The van der Waals surface area contributed by atoms with Crippen LogP contribution in [-0.2, 0) is 0 Å². The van der Waals surface area contributed by atoms with Crippen molar-refractivity contribution in [2.45, 2.75) is 6.92 Å². The molecular formula is C18H15N5O2. The first-order valence-corrected chi connectivity index (χ1v) is 7.56. The number of nitro groups is 1. The zero-order chi connectivity index (χ0) is 17.6. The molecule has 0 radical (unpaired) electrons. The Morgan fingerprint density at radius 2 is 1.80 bits per heavy atom. The second-order valence-electron chi connectivity index (χ2n) is 5.27. The van der Waals surface area contributed by atoms with E-state index in [4.69, 9.17) is 0 Å². The Morgan fingerprint density at radius 3 is 2.48 bits per heavy atom. The molecule has 3 rings (SSSR count). The highest BCUT2D eigenvalue weighted by molar-refractivity contribution is 5.80. The summed E-state index contributed by atoms with van der Waals surface area (Å²) in [5, 5.41) is 14.8. The summed E-state index contributed by atoms with van der Waals surface area (Å²) in [6, 6.07) is 17.7. The molecule has 0 aliphatic carbocycles. The summed E-state index contributed by atoms with van der Waals surface area (Å²) in [6.45, 7) is 1.82. The summed E-state index contributed by atoms with van der Waals surface area (Å²) >= 11 is 0. The van der Waals surface area contributed by atoms with E-state index in [2.05, 4.69) is 20.5 Å². The van der Waals surface area contributed by atoms with E-state index in [1.807, 2.05) is 43.3 Å². The van der Waals surface area contributed by atoms with E-state index >= 15 is 0 Å². The Labute approximate surface area is 144 Å². The molecule has 7 heteroatoms. The van der Waals surface area contributed by atoms with Crippen LogP contribution in [0.4, 0.5) is 11.5 Å². The first kappa shape index (κ1) is 16.3. The number of benzene rings is 2. The van der Waals surface area contributed by atoms with Crippen LogP contribution in [0.15, 0.2) is 65.8 Å². The molecule has 0 saturated carbocycles. The van der Waals surface area contributed by atoms with Crippen molar-refractivity contribution < 1.29 is 4.92 Å². The largest absolute Gasteiger partial charge is 0.269 e. The van der Waals surface area contributed by atoms with Gasteiger partial charge in [-0.1, -0.05) is 30.3 Å². The molecule has 0 aliphatic rings. The van der Waals surface area contributed by atoms with Crippen LogP contribution in [0.1, 0.15) is 11.4 Å². The molecule has 1 N–H and O–H groups in total. The van der Waals surface area contributed by atoms with Crippen LogP contribution < -0.4 is 5.43 Å². The number of non-ortho nitro benzene ring substituents is 1. The molecule has 0 amide bonds. The molecule has 124 valence electrons. The zero-order valence-corrected chi connectivity index (χ0v) is 13.5. The molecule has 0 bridgehead atoms. The van der Waals surface area contributed by atoms with E-state index in [-0.39, 0.29) is 5.69 Å². The first-order valence-electron chi connectivity index (χ1n) is 7.56. The van der Waals surface area contributed by atoms with Crippen molar-refractivity contribution in [2.75, 3.05) is 5.43 Å². The Bertz CT molecular complexity index is 909. The number of aromatic nitrogens is 2. The number of nitrogens with one attached hydrogen (secondary N) is 1. The second-order valence-corrected chi connectivity index (χ2v) is 5.27. The number of nitro benzene ring substituents is 1. The standard InChI is InChI=1S/C18H15N5O2/c1-13-20-17(15-5-3-2-4-6-15)11-18(21-13)22-19-12-14-7-9-16(10-8-14)23(24)25/h2-12H,1H3,(H,20,21,22)/b19-12-. The fraction of sp³-hybridized carbons (Fsp3) is 0.0556. The lowest BCUT2D eigenvalue weighted by molar-refractivity contribution is -0.384. The molecule has 7 nitrogen and oxygen atoms in total. The smallest absolute Gasteiger partial charge is 0.261 e. The molecule has 0 unspecified atom stereocenters. The van der Waals surface area contributed by atoms with Gasteiger partial charge in [0.15, 0.2) is 0 Å². The van der Waals surface area contributed by atoms with Crippen LogP contribution in [0, 0.1) is 17.0 Å². The van der Waals surface area contributed by atoms with E-state index < -0.39 is 4.92 Å². The van der Waals surface area contributed by atoms with Gasteiger partial charge in [-0.25, -0.2) is 9.97 Å². The van der Waals surface area contributed by atoms with Crippen LogP contribution in [0.3, 0.4) is 0 Å². The lowest BCUT2D eigenvalue weighted by Gasteiger charge is -2.05. The average Bonchev–Trinajstić information content (AvgIpc) is 2.62. The molecule has 1 heterocycles.